The van der Waals surface area contributed by atoms with Crippen LogP contribution in [0, 0.1) is 25.2 Å². The van der Waals surface area contributed by atoms with Crippen LogP contribution in [-0.4, -0.2) is 18.7 Å². The minimum Gasteiger partial charge on any atom is -0.483 e. The highest BCUT2D eigenvalue weighted by molar-refractivity contribution is 9.10. The van der Waals surface area contributed by atoms with Crippen molar-refractivity contribution < 1.29 is 27.1 Å². The average molecular weight is 417 g/mol. The molecule has 1 aromatic carbocycles. The topological polar surface area (TPSA) is 75.3 Å². The fraction of sp³-hybridized carbons (Fsp3) is 0.250. The fourth-order valence-corrected chi connectivity index (χ4v) is 2.63. The molecule has 0 spiro atoms. The van der Waals surface area contributed by atoms with E-state index in [1.807, 2.05) is 0 Å². The lowest BCUT2D eigenvalue weighted by molar-refractivity contribution is -0.153. The number of rotatable bonds is 4. The maximum atomic E-state index is 12.3. The smallest absolute Gasteiger partial charge is 0.422 e. The lowest BCUT2D eigenvalue weighted by Gasteiger charge is -2.12. The van der Waals surface area contributed by atoms with E-state index in [0.29, 0.717) is 21.6 Å². The number of halogens is 4. The van der Waals surface area contributed by atoms with Gasteiger partial charge in [0.2, 0.25) is 0 Å². The molecule has 1 amide bonds. The number of benzene rings is 1. The number of alkyl halides is 3. The zero-order chi connectivity index (χ0) is 18.8. The molecule has 0 fully saturated rings. The third kappa shape index (κ3) is 4.54. The van der Waals surface area contributed by atoms with E-state index in [2.05, 4.69) is 26.0 Å². The highest BCUT2D eigenvalue weighted by atomic mass is 79.9. The van der Waals surface area contributed by atoms with Crippen LogP contribution in [0.25, 0.3) is 0 Å². The van der Waals surface area contributed by atoms with Gasteiger partial charge in [-0.1, -0.05) is 0 Å². The quantitative estimate of drug-likeness (QED) is 0.781. The number of carbonyl (C=O) groups excluding carboxylic acids is 1. The van der Waals surface area contributed by atoms with Crippen molar-refractivity contribution in [3.05, 3.63) is 45.3 Å². The van der Waals surface area contributed by atoms with Gasteiger partial charge in [-0.25, -0.2) is 0 Å². The monoisotopic (exact) mass is 416 g/mol. The highest BCUT2D eigenvalue weighted by Crippen LogP contribution is 2.29. The molecule has 1 N–H and O–H groups in total. The van der Waals surface area contributed by atoms with Crippen LogP contribution >= 0.6 is 15.9 Å². The summed E-state index contributed by atoms with van der Waals surface area (Å²) in [4.78, 5) is 12.3. The number of furan rings is 1. The lowest BCUT2D eigenvalue weighted by Crippen LogP contribution is -2.19. The molecule has 9 heteroatoms. The second kappa shape index (κ2) is 7.19. The van der Waals surface area contributed by atoms with Gasteiger partial charge in [-0.05, 0) is 48.0 Å². The van der Waals surface area contributed by atoms with Crippen LogP contribution in [0.1, 0.15) is 27.4 Å². The molecule has 0 saturated carbocycles. The molecule has 25 heavy (non-hydrogen) atoms. The lowest BCUT2D eigenvalue weighted by atomic mass is 10.1. The number of anilines is 1. The Morgan fingerprint density at radius 2 is 2.04 bits per heavy atom. The van der Waals surface area contributed by atoms with Gasteiger partial charge in [0.1, 0.15) is 23.3 Å². The normalized spacial score (nSPS) is 11.1. The fourth-order valence-electron chi connectivity index (χ4n) is 2.09. The molecule has 0 aliphatic rings. The van der Waals surface area contributed by atoms with E-state index in [0.717, 1.165) is 0 Å². The molecule has 0 unspecified atom stereocenters. The first-order chi connectivity index (χ1) is 11.6. The standard InChI is InChI=1S/C16H12BrF3N2O3/c1-8-13(14(17)9(2)25-8)15(23)22-11-3-4-12(10(5-11)6-21)24-7-16(18,19)20/h3-5H,7H2,1-2H3,(H,22,23). The molecule has 1 aromatic heterocycles. The Bertz CT molecular complexity index is 854. The summed E-state index contributed by atoms with van der Waals surface area (Å²) in [6.07, 6.45) is -4.51. The van der Waals surface area contributed by atoms with E-state index in [1.54, 1.807) is 19.9 Å². The van der Waals surface area contributed by atoms with Crippen LogP contribution in [0.4, 0.5) is 18.9 Å². The Hall–Kier alpha value is -2.47. The van der Waals surface area contributed by atoms with Gasteiger partial charge in [0.25, 0.3) is 5.91 Å². The van der Waals surface area contributed by atoms with Crippen LogP contribution in [0.15, 0.2) is 27.1 Å². The van der Waals surface area contributed by atoms with Crippen LogP contribution in [-0.2, 0) is 0 Å². The molecule has 2 rings (SSSR count). The van der Waals surface area contributed by atoms with Gasteiger partial charge < -0.3 is 14.5 Å². The molecule has 132 valence electrons. The Balaban J connectivity index is 2.21. The maximum Gasteiger partial charge on any atom is 0.422 e. The van der Waals surface area contributed by atoms with Crippen molar-refractivity contribution in [1.82, 2.24) is 0 Å². The molecule has 5 nitrogen and oxygen atoms in total. The number of ether oxygens (including phenoxy) is 1. The van der Waals surface area contributed by atoms with Crippen molar-refractivity contribution in [2.45, 2.75) is 20.0 Å². The van der Waals surface area contributed by atoms with Gasteiger partial charge in [-0.2, -0.15) is 18.4 Å². The number of nitriles is 1. The van der Waals surface area contributed by atoms with Crippen molar-refractivity contribution in [1.29, 1.82) is 5.26 Å². The Morgan fingerprint density at radius 3 is 2.56 bits per heavy atom. The second-order valence-electron chi connectivity index (χ2n) is 5.08. The van der Waals surface area contributed by atoms with Crippen LogP contribution in [0.5, 0.6) is 5.75 Å². The SMILES string of the molecule is Cc1oc(C)c(C(=O)Nc2ccc(OCC(F)(F)F)c(C#N)c2)c1Br. The molecule has 0 bridgehead atoms. The second-order valence-corrected chi connectivity index (χ2v) is 5.88. The number of hydrogen-bond donors (Lipinski definition) is 1. The van der Waals surface area contributed by atoms with Gasteiger partial charge in [0.15, 0.2) is 6.61 Å². The first-order valence-corrected chi connectivity index (χ1v) is 7.72. The summed E-state index contributed by atoms with van der Waals surface area (Å²) < 4.78 is 47.1. The van der Waals surface area contributed by atoms with E-state index in [1.165, 1.54) is 18.2 Å². The van der Waals surface area contributed by atoms with Crippen LogP contribution in [0.3, 0.4) is 0 Å². The predicted molar refractivity (Wildman–Crippen MR) is 86.5 cm³/mol. The van der Waals surface area contributed by atoms with E-state index < -0.39 is 18.7 Å². The first kappa shape index (κ1) is 18.9. The van der Waals surface area contributed by atoms with E-state index in [-0.39, 0.29) is 17.0 Å². The third-order valence-corrected chi connectivity index (χ3v) is 4.12. The molecule has 0 aliphatic heterocycles. The summed E-state index contributed by atoms with van der Waals surface area (Å²) in [5, 5.41) is 11.6. The summed E-state index contributed by atoms with van der Waals surface area (Å²) in [7, 11) is 0. The maximum absolute atomic E-state index is 12.3. The third-order valence-electron chi connectivity index (χ3n) is 3.16. The largest absolute Gasteiger partial charge is 0.483 e. The zero-order valence-electron chi connectivity index (χ0n) is 13.1. The van der Waals surface area contributed by atoms with Gasteiger partial charge in [0, 0.05) is 5.69 Å². The minimum atomic E-state index is -4.51. The molecular weight excluding hydrogens is 405 g/mol. The summed E-state index contributed by atoms with van der Waals surface area (Å²) in [6.45, 7) is 1.81. The Morgan fingerprint density at radius 1 is 1.36 bits per heavy atom. The number of aryl methyl sites for hydroxylation is 2. The minimum absolute atomic E-state index is 0.124. The predicted octanol–water partition coefficient (Wildman–Crippen LogP) is 4.72. The van der Waals surface area contributed by atoms with Crippen LogP contribution < -0.4 is 10.1 Å². The van der Waals surface area contributed by atoms with Gasteiger partial charge in [0.05, 0.1) is 15.6 Å². The van der Waals surface area contributed by atoms with Crippen molar-refractivity contribution in [2.75, 3.05) is 11.9 Å². The number of nitrogens with one attached hydrogen (secondary N) is 1. The molecule has 2 aromatic rings. The van der Waals surface area contributed by atoms with Gasteiger partial charge in [-0.15, -0.1) is 0 Å². The molecular formula is C16H12BrF3N2O3. The van der Waals surface area contributed by atoms with E-state index in [9.17, 15) is 18.0 Å². The van der Waals surface area contributed by atoms with E-state index >= 15 is 0 Å². The summed E-state index contributed by atoms with van der Waals surface area (Å²) in [5.74, 6) is 0.257. The summed E-state index contributed by atoms with van der Waals surface area (Å²) in [5.41, 5.74) is 0.417. The summed E-state index contributed by atoms with van der Waals surface area (Å²) in [6, 6.07) is 5.52. The first-order valence-electron chi connectivity index (χ1n) is 6.93. The van der Waals surface area contributed by atoms with E-state index in [4.69, 9.17) is 9.68 Å². The molecule has 0 aliphatic carbocycles. The highest BCUT2D eigenvalue weighted by Gasteiger charge is 2.29. The molecule has 0 saturated heterocycles. The average Bonchev–Trinajstić information content (AvgIpc) is 2.77. The number of hydrogen-bond acceptors (Lipinski definition) is 4. The Kier molecular flexibility index (Phi) is 5.42. The molecule has 0 atom stereocenters. The Labute approximate surface area is 149 Å². The van der Waals surface area contributed by atoms with Crippen molar-refractivity contribution in [3.63, 3.8) is 0 Å². The molecule has 1 heterocycles. The number of carbonyl (C=O) groups is 1. The molecule has 0 radical (unpaired) electrons. The van der Waals surface area contributed by atoms with Gasteiger partial charge >= 0.3 is 6.18 Å². The summed E-state index contributed by atoms with van der Waals surface area (Å²) >= 11 is 3.26. The van der Waals surface area contributed by atoms with Gasteiger partial charge in [-0.3, -0.25) is 4.79 Å². The number of nitrogens with zero attached hydrogens (tertiary/aromatic N) is 1. The number of amides is 1. The van der Waals surface area contributed by atoms with Crippen LogP contribution in [0.2, 0.25) is 0 Å². The van der Waals surface area contributed by atoms with Crippen molar-refractivity contribution in [3.8, 4) is 11.8 Å². The zero-order valence-corrected chi connectivity index (χ0v) is 14.7. The van der Waals surface area contributed by atoms with Crippen molar-refractivity contribution in [2.24, 2.45) is 0 Å². The van der Waals surface area contributed by atoms with Crippen molar-refractivity contribution >= 4 is 27.5 Å².